The van der Waals surface area contributed by atoms with Crippen LogP contribution in [-0.4, -0.2) is 50.2 Å². The predicted molar refractivity (Wildman–Crippen MR) is 111 cm³/mol. The molecule has 1 aliphatic carbocycles. The summed E-state index contributed by atoms with van der Waals surface area (Å²) in [7, 11) is 3.52. The fraction of sp³-hybridized carbons (Fsp3) is 0.381. The van der Waals surface area contributed by atoms with Gasteiger partial charge in [0.25, 0.3) is 5.91 Å². The third-order valence-electron chi connectivity index (χ3n) is 5.30. The molecule has 1 fully saturated rings. The van der Waals surface area contributed by atoms with E-state index in [2.05, 4.69) is 19.9 Å². The molecule has 4 rings (SSSR count). The summed E-state index contributed by atoms with van der Waals surface area (Å²) < 4.78 is 2.07. The number of nitrogens with zero attached hydrogens (tertiary/aromatic N) is 5. The van der Waals surface area contributed by atoms with Crippen LogP contribution in [0, 0.1) is 0 Å². The molecule has 0 unspecified atom stereocenters. The number of pyridine rings is 1. The Morgan fingerprint density at radius 2 is 1.90 bits per heavy atom. The Morgan fingerprint density at radius 1 is 1.14 bits per heavy atom. The predicted octanol–water partition coefficient (Wildman–Crippen LogP) is 3.59. The molecule has 0 aliphatic heterocycles. The highest BCUT2D eigenvalue weighted by atomic mass is 16.2. The fourth-order valence-corrected chi connectivity index (χ4v) is 3.78. The van der Waals surface area contributed by atoms with Gasteiger partial charge in [0, 0.05) is 43.5 Å². The van der Waals surface area contributed by atoms with E-state index in [0.29, 0.717) is 23.0 Å². The maximum Gasteiger partial charge on any atom is 0.270 e. The van der Waals surface area contributed by atoms with Crippen LogP contribution in [0.25, 0.3) is 11.0 Å². The minimum absolute atomic E-state index is 0.0331. The summed E-state index contributed by atoms with van der Waals surface area (Å²) in [6, 6.07) is 5.58. The van der Waals surface area contributed by atoms with Crippen molar-refractivity contribution < 1.29 is 9.59 Å². The van der Waals surface area contributed by atoms with E-state index in [-0.39, 0.29) is 17.7 Å². The first kappa shape index (κ1) is 19.0. The van der Waals surface area contributed by atoms with Gasteiger partial charge in [-0.2, -0.15) is 4.98 Å². The SMILES string of the molecule is CC(=O)c1ccc(Nc2ncc3cc(C(=O)N(C)C)n(C4CCCC4)c3n2)nc1. The highest BCUT2D eigenvalue weighted by molar-refractivity contribution is 5.98. The van der Waals surface area contributed by atoms with Crippen LogP contribution in [-0.2, 0) is 0 Å². The summed E-state index contributed by atoms with van der Waals surface area (Å²) >= 11 is 0. The number of hydrogen-bond donors (Lipinski definition) is 1. The van der Waals surface area contributed by atoms with Gasteiger partial charge in [0.15, 0.2) is 5.78 Å². The van der Waals surface area contributed by atoms with E-state index in [0.717, 1.165) is 36.7 Å². The largest absolute Gasteiger partial charge is 0.343 e. The molecule has 8 nitrogen and oxygen atoms in total. The van der Waals surface area contributed by atoms with Crippen molar-refractivity contribution in [1.29, 1.82) is 0 Å². The minimum Gasteiger partial charge on any atom is -0.343 e. The number of rotatable bonds is 5. The van der Waals surface area contributed by atoms with E-state index in [4.69, 9.17) is 4.98 Å². The molecule has 3 heterocycles. The number of carbonyl (C=O) groups excluding carboxylic acids is 2. The third kappa shape index (κ3) is 3.70. The van der Waals surface area contributed by atoms with E-state index < -0.39 is 0 Å². The second kappa shape index (κ2) is 7.62. The topological polar surface area (TPSA) is 93.0 Å². The first-order valence-electron chi connectivity index (χ1n) is 9.77. The van der Waals surface area contributed by atoms with Crippen molar-refractivity contribution in [3.63, 3.8) is 0 Å². The molecule has 3 aromatic heterocycles. The lowest BCUT2D eigenvalue weighted by molar-refractivity contribution is 0.0815. The molecule has 1 amide bonds. The van der Waals surface area contributed by atoms with Crippen LogP contribution < -0.4 is 5.32 Å². The van der Waals surface area contributed by atoms with Crippen LogP contribution in [0.5, 0.6) is 0 Å². The molecule has 29 heavy (non-hydrogen) atoms. The standard InChI is InChI=1S/C21H24N6O2/c1-13(28)14-8-9-18(22-11-14)24-21-23-12-15-10-17(20(29)26(2)3)27(19(15)25-21)16-6-4-5-7-16/h8-12,16H,4-7H2,1-3H3,(H,22,23,24,25). The van der Waals surface area contributed by atoms with Crippen LogP contribution >= 0.6 is 0 Å². The molecular formula is C21H24N6O2. The van der Waals surface area contributed by atoms with Crippen molar-refractivity contribution >= 4 is 34.5 Å². The molecule has 0 bridgehead atoms. The number of amides is 1. The Bertz CT molecular complexity index is 1060. The molecule has 0 radical (unpaired) electrons. The Balaban J connectivity index is 1.73. The van der Waals surface area contributed by atoms with E-state index in [9.17, 15) is 9.59 Å². The van der Waals surface area contributed by atoms with Crippen LogP contribution in [0.15, 0.2) is 30.6 Å². The van der Waals surface area contributed by atoms with Gasteiger partial charge in [-0.1, -0.05) is 12.8 Å². The van der Waals surface area contributed by atoms with Crippen molar-refractivity contribution in [3.05, 3.63) is 41.9 Å². The van der Waals surface area contributed by atoms with Crippen LogP contribution in [0.2, 0.25) is 0 Å². The molecule has 150 valence electrons. The average Bonchev–Trinajstić information content (AvgIpc) is 3.34. The van der Waals surface area contributed by atoms with Crippen molar-refractivity contribution in [2.45, 2.75) is 38.6 Å². The van der Waals surface area contributed by atoms with E-state index in [1.807, 2.05) is 6.07 Å². The number of nitrogens with one attached hydrogen (secondary N) is 1. The number of hydrogen-bond acceptors (Lipinski definition) is 6. The Labute approximate surface area is 169 Å². The Morgan fingerprint density at radius 3 is 2.52 bits per heavy atom. The van der Waals surface area contributed by atoms with Gasteiger partial charge in [-0.25, -0.2) is 9.97 Å². The van der Waals surface area contributed by atoms with Crippen LogP contribution in [0.1, 0.15) is 59.5 Å². The van der Waals surface area contributed by atoms with Gasteiger partial charge in [0.05, 0.1) is 0 Å². The highest BCUT2D eigenvalue weighted by Crippen LogP contribution is 2.34. The molecular weight excluding hydrogens is 368 g/mol. The molecule has 0 atom stereocenters. The number of fused-ring (bicyclic) bond motifs is 1. The molecule has 1 N–H and O–H groups in total. The quantitative estimate of drug-likeness (QED) is 0.667. The van der Waals surface area contributed by atoms with Crippen LogP contribution in [0.4, 0.5) is 11.8 Å². The van der Waals surface area contributed by atoms with Crippen molar-refractivity contribution in [2.24, 2.45) is 0 Å². The average molecular weight is 392 g/mol. The molecule has 8 heteroatoms. The summed E-state index contributed by atoms with van der Waals surface area (Å²) in [5.74, 6) is 0.889. The number of ketones is 1. The van der Waals surface area contributed by atoms with E-state index in [1.165, 1.54) is 13.1 Å². The Kier molecular flexibility index (Phi) is 5.00. The van der Waals surface area contributed by atoms with Crippen molar-refractivity contribution in [1.82, 2.24) is 24.4 Å². The normalized spacial score (nSPS) is 14.3. The van der Waals surface area contributed by atoms with E-state index in [1.54, 1.807) is 37.3 Å². The van der Waals surface area contributed by atoms with Crippen molar-refractivity contribution in [2.75, 3.05) is 19.4 Å². The second-order valence-electron chi connectivity index (χ2n) is 7.62. The van der Waals surface area contributed by atoms with Gasteiger partial charge >= 0.3 is 0 Å². The molecule has 1 aliphatic rings. The number of Topliss-reactive ketones (excluding diaryl/α,β-unsaturated/α-hetero) is 1. The molecule has 3 aromatic rings. The van der Waals surface area contributed by atoms with E-state index >= 15 is 0 Å². The maximum absolute atomic E-state index is 12.8. The Hall–Kier alpha value is -3.29. The number of aromatic nitrogens is 4. The van der Waals surface area contributed by atoms with Gasteiger partial charge < -0.3 is 14.8 Å². The lowest BCUT2D eigenvalue weighted by Gasteiger charge is -2.19. The summed E-state index contributed by atoms with van der Waals surface area (Å²) in [6.45, 7) is 1.50. The van der Waals surface area contributed by atoms with Crippen molar-refractivity contribution in [3.8, 4) is 0 Å². The van der Waals surface area contributed by atoms with Gasteiger partial charge in [-0.05, 0) is 38.0 Å². The van der Waals surface area contributed by atoms with Gasteiger partial charge in [-0.15, -0.1) is 0 Å². The third-order valence-corrected chi connectivity index (χ3v) is 5.30. The summed E-state index contributed by atoms with van der Waals surface area (Å²) in [5, 5.41) is 3.93. The first-order valence-corrected chi connectivity index (χ1v) is 9.77. The maximum atomic E-state index is 12.8. The molecule has 0 aromatic carbocycles. The highest BCUT2D eigenvalue weighted by Gasteiger charge is 2.26. The molecule has 1 saturated carbocycles. The van der Waals surface area contributed by atoms with Gasteiger partial charge in [-0.3, -0.25) is 9.59 Å². The summed E-state index contributed by atoms with van der Waals surface area (Å²) in [5.41, 5.74) is 1.95. The molecule has 0 spiro atoms. The van der Waals surface area contributed by atoms with Gasteiger partial charge in [0.1, 0.15) is 17.2 Å². The number of anilines is 2. The zero-order valence-corrected chi connectivity index (χ0v) is 16.8. The first-order chi connectivity index (χ1) is 13.9. The minimum atomic E-state index is -0.0362. The molecule has 0 saturated heterocycles. The summed E-state index contributed by atoms with van der Waals surface area (Å²) in [4.78, 5) is 39.1. The second-order valence-corrected chi connectivity index (χ2v) is 7.62. The van der Waals surface area contributed by atoms with Gasteiger partial charge in [0.2, 0.25) is 5.95 Å². The fourth-order valence-electron chi connectivity index (χ4n) is 3.78. The monoisotopic (exact) mass is 392 g/mol. The number of carbonyl (C=O) groups is 2. The zero-order chi connectivity index (χ0) is 20.5. The zero-order valence-electron chi connectivity index (χ0n) is 16.8. The van der Waals surface area contributed by atoms with Crippen LogP contribution in [0.3, 0.4) is 0 Å². The lowest BCUT2D eigenvalue weighted by Crippen LogP contribution is -2.25. The smallest absolute Gasteiger partial charge is 0.270 e. The lowest BCUT2D eigenvalue weighted by atomic mass is 10.2. The summed E-state index contributed by atoms with van der Waals surface area (Å²) in [6.07, 6.45) is 7.65.